The van der Waals surface area contributed by atoms with Gasteiger partial charge in [-0.1, -0.05) is 48.5 Å². The van der Waals surface area contributed by atoms with Gasteiger partial charge in [0.25, 0.3) is 0 Å². The molecule has 0 heterocycles. The Bertz CT molecular complexity index is 654. The maximum atomic E-state index is 12.2. The second-order valence-electron chi connectivity index (χ2n) is 6.00. The summed E-state index contributed by atoms with van der Waals surface area (Å²) in [6.45, 7) is 8.38. The molecule has 0 aliphatic heterocycles. The lowest BCUT2D eigenvalue weighted by Gasteiger charge is -2.17. The van der Waals surface area contributed by atoms with E-state index in [-0.39, 0.29) is 11.9 Å². The molecule has 0 unspecified atom stereocenters. The van der Waals surface area contributed by atoms with Gasteiger partial charge in [-0.3, -0.25) is 4.79 Å². The molecule has 0 aliphatic rings. The summed E-state index contributed by atoms with van der Waals surface area (Å²) < 4.78 is 0. The van der Waals surface area contributed by atoms with E-state index in [1.165, 1.54) is 16.7 Å². The molecule has 0 aromatic heterocycles. The lowest BCUT2D eigenvalue weighted by Crippen LogP contribution is -2.28. The Morgan fingerprint density at radius 2 is 1.70 bits per heavy atom. The third-order valence-corrected chi connectivity index (χ3v) is 5.34. The van der Waals surface area contributed by atoms with E-state index in [9.17, 15) is 4.79 Å². The number of aryl methyl sites for hydroxylation is 2. The third-order valence-electron chi connectivity index (χ3n) is 4.14. The fourth-order valence-corrected chi connectivity index (χ4v) is 3.26. The van der Waals surface area contributed by atoms with Gasteiger partial charge in [0.15, 0.2) is 0 Å². The molecule has 1 N–H and O–H groups in total. The minimum atomic E-state index is 0.0365. The third kappa shape index (κ3) is 5.14. The summed E-state index contributed by atoms with van der Waals surface area (Å²) >= 11 is 1.67. The number of benzene rings is 2. The van der Waals surface area contributed by atoms with Gasteiger partial charge in [-0.05, 0) is 49.9 Å². The molecule has 3 heteroatoms. The summed E-state index contributed by atoms with van der Waals surface area (Å²) in [7, 11) is 0. The summed E-state index contributed by atoms with van der Waals surface area (Å²) in [4.78, 5) is 12.2. The van der Waals surface area contributed by atoms with Gasteiger partial charge in [0.2, 0.25) is 5.91 Å². The SMILES string of the molecule is Cc1ccc([C@@H](C)NC(=O)CS[C@H](C)c2ccccc2)cc1C. The first-order valence-electron chi connectivity index (χ1n) is 8.00. The van der Waals surface area contributed by atoms with E-state index in [1.54, 1.807) is 11.8 Å². The van der Waals surface area contributed by atoms with E-state index >= 15 is 0 Å². The highest BCUT2D eigenvalue weighted by molar-refractivity contribution is 8.00. The Balaban J connectivity index is 1.85. The van der Waals surface area contributed by atoms with Crippen molar-refractivity contribution in [2.75, 3.05) is 5.75 Å². The van der Waals surface area contributed by atoms with E-state index in [4.69, 9.17) is 0 Å². The van der Waals surface area contributed by atoms with Gasteiger partial charge in [0.1, 0.15) is 0 Å². The quantitative estimate of drug-likeness (QED) is 0.811. The van der Waals surface area contributed by atoms with Gasteiger partial charge in [0, 0.05) is 5.25 Å². The number of carbonyl (C=O) groups is 1. The van der Waals surface area contributed by atoms with Crippen LogP contribution in [-0.2, 0) is 4.79 Å². The first-order valence-corrected chi connectivity index (χ1v) is 9.05. The molecule has 2 aromatic carbocycles. The molecule has 2 atom stereocenters. The number of carbonyl (C=O) groups excluding carboxylic acids is 1. The molecule has 0 aliphatic carbocycles. The van der Waals surface area contributed by atoms with Crippen molar-refractivity contribution in [1.29, 1.82) is 0 Å². The minimum Gasteiger partial charge on any atom is -0.349 e. The topological polar surface area (TPSA) is 29.1 Å². The summed E-state index contributed by atoms with van der Waals surface area (Å²) in [5.74, 6) is 0.564. The molecular weight excluding hydrogens is 302 g/mol. The zero-order valence-electron chi connectivity index (χ0n) is 14.3. The van der Waals surface area contributed by atoms with Crippen molar-refractivity contribution in [3.63, 3.8) is 0 Å². The number of hydrogen-bond donors (Lipinski definition) is 1. The van der Waals surface area contributed by atoms with Gasteiger partial charge in [-0.15, -0.1) is 11.8 Å². The largest absolute Gasteiger partial charge is 0.349 e. The van der Waals surface area contributed by atoms with Crippen LogP contribution in [0.4, 0.5) is 0 Å². The number of nitrogens with one attached hydrogen (secondary N) is 1. The molecule has 2 aromatic rings. The van der Waals surface area contributed by atoms with Crippen molar-refractivity contribution in [3.05, 3.63) is 70.8 Å². The van der Waals surface area contributed by atoms with Crippen LogP contribution in [0.2, 0.25) is 0 Å². The van der Waals surface area contributed by atoms with Crippen LogP contribution in [0.5, 0.6) is 0 Å². The maximum Gasteiger partial charge on any atom is 0.230 e. The zero-order chi connectivity index (χ0) is 16.8. The van der Waals surface area contributed by atoms with Crippen LogP contribution in [0.3, 0.4) is 0 Å². The first-order chi connectivity index (χ1) is 11.0. The molecule has 0 bridgehead atoms. The van der Waals surface area contributed by atoms with Crippen LogP contribution in [0.1, 0.15) is 47.4 Å². The average Bonchev–Trinajstić information content (AvgIpc) is 2.55. The highest BCUT2D eigenvalue weighted by Gasteiger charge is 2.12. The van der Waals surface area contributed by atoms with Gasteiger partial charge < -0.3 is 5.32 Å². The van der Waals surface area contributed by atoms with Crippen LogP contribution in [0.25, 0.3) is 0 Å². The molecule has 23 heavy (non-hydrogen) atoms. The number of hydrogen-bond acceptors (Lipinski definition) is 2. The maximum absolute atomic E-state index is 12.2. The molecule has 0 radical (unpaired) electrons. The van der Waals surface area contributed by atoms with E-state index in [0.717, 1.165) is 5.56 Å². The van der Waals surface area contributed by atoms with Crippen LogP contribution < -0.4 is 5.32 Å². The van der Waals surface area contributed by atoms with Crippen LogP contribution in [0.15, 0.2) is 48.5 Å². The molecule has 2 rings (SSSR count). The zero-order valence-corrected chi connectivity index (χ0v) is 15.1. The molecule has 0 spiro atoms. The van der Waals surface area contributed by atoms with Gasteiger partial charge >= 0.3 is 0 Å². The first kappa shape index (κ1) is 17.6. The smallest absolute Gasteiger partial charge is 0.230 e. The van der Waals surface area contributed by atoms with E-state index in [0.29, 0.717) is 11.0 Å². The van der Waals surface area contributed by atoms with Crippen LogP contribution >= 0.6 is 11.8 Å². The molecule has 0 saturated heterocycles. The Morgan fingerprint density at radius 3 is 2.35 bits per heavy atom. The second-order valence-corrected chi connectivity index (χ2v) is 7.33. The number of amides is 1. The van der Waals surface area contributed by atoms with Crippen molar-refractivity contribution in [1.82, 2.24) is 5.32 Å². The van der Waals surface area contributed by atoms with Crippen molar-refractivity contribution < 1.29 is 4.79 Å². The van der Waals surface area contributed by atoms with Crippen molar-refractivity contribution in [2.24, 2.45) is 0 Å². The number of rotatable bonds is 6. The number of thioether (sulfide) groups is 1. The van der Waals surface area contributed by atoms with E-state index in [2.05, 4.69) is 56.4 Å². The lowest BCUT2D eigenvalue weighted by atomic mass is 10.0. The lowest BCUT2D eigenvalue weighted by molar-refractivity contribution is -0.119. The average molecular weight is 327 g/mol. The van der Waals surface area contributed by atoms with Crippen molar-refractivity contribution in [3.8, 4) is 0 Å². The highest BCUT2D eigenvalue weighted by Crippen LogP contribution is 2.27. The second kappa shape index (κ2) is 8.21. The van der Waals surface area contributed by atoms with Gasteiger partial charge in [0.05, 0.1) is 11.8 Å². The monoisotopic (exact) mass is 327 g/mol. The summed E-state index contributed by atoms with van der Waals surface area (Å²) in [6, 6.07) is 16.7. The van der Waals surface area contributed by atoms with E-state index in [1.807, 2.05) is 25.1 Å². The Hall–Kier alpha value is -1.74. The van der Waals surface area contributed by atoms with Crippen molar-refractivity contribution >= 4 is 17.7 Å². The molecule has 0 saturated carbocycles. The van der Waals surface area contributed by atoms with Gasteiger partial charge in [-0.2, -0.15) is 0 Å². The van der Waals surface area contributed by atoms with Crippen LogP contribution in [0, 0.1) is 13.8 Å². The predicted molar refractivity (Wildman–Crippen MR) is 99.8 cm³/mol. The van der Waals surface area contributed by atoms with Gasteiger partial charge in [-0.25, -0.2) is 0 Å². The van der Waals surface area contributed by atoms with E-state index < -0.39 is 0 Å². The summed E-state index contributed by atoms with van der Waals surface area (Å²) in [6.07, 6.45) is 0. The predicted octanol–water partition coefficient (Wildman–Crippen LogP) is 4.98. The standard InChI is InChI=1S/C20H25NOS/c1-14-10-11-19(12-15(14)2)16(3)21-20(22)13-23-17(4)18-8-6-5-7-9-18/h5-12,16-17H,13H2,1-4H3,(H,21,22)/t16-,17-/m1/s1. The molecule has 1 amide bonds. The Morgan fingerprint density at radius 1 is 1.00 bits per heavy atom. The molecule has 2 nitrogen and oxygen atoms in total. The van der Waals surface area contributed by atoms with Crippen molar-refractivity contribution in [2.45, 2.75) is 39.0 Å². The Labute approximate surface area is 143 Å². The normalized spacial score (nSPS) is 13.4. The highest BCUT2D eigenvalue weighted by atomic mass is 32.2. The fourth-order valence-electron chi connectivity index (χ4n) is 2.42. The fraction of sp³-hybridized carbons (Fsp3) is 0.350. The summed E-state index contributed by atoms with van der Waals surface area (Å²) in [5.41, 5.74) is 4.95. The minimum absolute atomic E-state index is 0.0365. The molecule has 122 valence electrons. The van der Waals surface area contributed by atoms with Crippen LogP contribution in [-0.4, -0.2) is 11.7 Å². The molecular formula is C20H25NOS. The molecule has 0 fully saturated rings. The summed E-state index contributed by atoms with van der Waals surface area (Å²) in [5, 5.41) is 3.41. The Kier molecular flexibility index (Phi) is 6.28.